The molecule has 0 spiro atoms. The summed E-state index contributed by atoms with van der Waals surface area (Å²) in [5.74, 6) is -0.970. The maximum absolute atomic E-state index is 11.6. The number of rotatable bonds is 2. The molecule has 1 aromatic rings. The number of hydrogen-bond donors (Lipinski definition) is 1. The van der Waals surface area contributed by atoms with E-state index in [9.17, 15) is 9.59 Å². The van der Waals surface area contributed by atoms with Crippen molar-refractivity contribution in [3.8, 4) is 0 Å². The molecule has 0 saturated carbocycles. The van der Waals surface area contributed by atoms with Crippen LogP contribution < -0.4 is 5.32 Å². The average Bonchev–Trinajstić information content (AvgIpc) is 2.25. The Balaban J connectivity index is 0.00000256. The Morgan fingerprint density at radius 1 is 1.18 bits per heavy atom. The normalized spacial score (nSPS) is 9.41. The van der Waals surface area contributed by atoms with Crippen LogP contribution in [0.4, 0.5) is 0 Å². The van der Waals surface area contributed by atoms with Gasteiger partial charge in [0.05, 0.1) is 20.6 Å². The monoisotopic (exact) mass is 400 g/mol. The van der Waals surface area contributed by atoms with Gasteiger partial charge in [-0.15, -0.1) is 0 Å². The van der Waals surface area contributed by atoms with Gasteiger partial charge in [0.15, 0.2) is 0 Å². The Kier molecular flexibility index (Phi) is 7.50. The fourth-order valence-electron chi connectivity index (χ4n) is 0.984. The molecule has 0 aliphatic carbocycles. The third-order valence-electron chi connectivity index (χ3n) is 1.85. The summed E-state index contributed by atoms with van der Waals surface area (Å²) in [6, 6.07) is 2.86. The first-order valence-electron chi connectivity index (χ1n) is 4.45. The molecule has 3 nitrogen and oxygen atoms in total. The van der Waals surface area contributed by atoms with Gasteiger partial charge in [-0.2, -0.15) is 0 Å². The van der Waals surface area contributed by atoms with E-state index in [2.05, 4.69) is 5.32 Å². The minimum atomic E-state index is -0.588. The molecular weight excluding hydrogens is 394 g/mol. The summed E-state index contributed by atoms with van der Waals surface area (Å²) < 4.78 is 0. The first-order chi connectivity index (χ1) is 7.47. The van der Waals surface area contributed by atoms with E-state index in [1.165, 1.54) is 12.1 Å². The van der Waals surface area contributed by atoms with E-state index >= 15 is 0 Å². The molecule has 2 amide bonds. The second-order valence-corrected chi connectivity index (χ2v) is 4.12. The van der Waals surface area contributed by atoms with E-state index in [0.717, 1.165) is 0 Å². The molecule has 1 aromatic carbocycles. The van der Waals surface area contributed by atoms with Crippen LogP contribution in [0.25, 0.3) is 0 Å². The van der Waals surface area contributed by atoms with Crippen LogP contribution in [-0.4, -0.2) is 36.2 Å². The van der Waals surface area contributed by atoms with Crippen molar-refractivity contribution in [2.45, 2.75) is 13.3 Å². The van der Waals surface area contributed by atoms with Crippen LogP contribution in [0.3, 0.4) is 0 Å². The summed E-state index contributed by atoms with van der Waals surface area (Å²) in [5.41, 5.74) is 0.123. The number of imide groups is 1. The molecule has 17 heavy (non-hydrogen) atoms. The molecule has 0 saturated heterocycles. The third-order valence-corrected chi connectivity index (χ3v) is 3.15. The van der Waals surface area contributed by atoms with Crippen molar-refractivity contribution < 1.29 is 9.59 Å². The van der Waals surface area contributed by atoms with Crippen molar-refractivity contribution in [2.75, 3.05) is 0 Å². The SMILES string of the molecule is CCC(=O)NC(=O)c1ccc(Cl)c(Cl)c1Cl.[Sb]. The van der Waals surface area contributed by atoms with Crippen LogP contribution in [0.2, 0.25) is 15.1 Å². The number of halogens is 3. The van der Waals surface area contributed by atoms with Gasteiger partial charge >= 0.3 is 0 Å². The molecule has 3 radical (unpaired) electrons. The van der Waals surface area contributed by atoms with Crippen LogP contribution in [0.1, 0.15) is 23.7 Å². The number of carbonyl (C=O) groups is 2. The quantitative estimate of drug-likeness (QED) is 0.611. The Labute approximate surface area is 131 Å². The average molecular weight is 402 g/mol. The fourth-order valence-corrected chi connectivity index (χ4v) is 1.60. The van der Waals surface area contributed by atoms with Gasteiger partial charge in [-0.3, -0.25) is 14.9 Å². The van der Waals surface area contributed by atoms with Crippen molar-refractivity contribution >= 4 is 71.0 Å². The van der Waals surface area contributed by atoms with E-state index in [4.69, 9.17) is 34.8 Å². The van der Waals surface area contributed by atoms with E-state index in [0.29, 0.717) is 0 Å². The Bertz CT molecular complexity index is 451. The molecule has 0 fully saturated rings. The molecule has 91 valence electrons. The number of benzene rings is 1. The Hall–Kier alpha value is 0.0482. The van der Waals surface area contributed by atoms with Crippen LogP contribution in [0.15, 0.2) is 12.1 Å². The Morgan fingerprint density at radius 3 is 2.29 bits per heavy atom. The summed E-state index contributed by atoms with van der Waals surface area (Å²) in [6.07, 6.45) is 0.213. The predicted molar refractivity (Wildman–Crippen MR) is 70.0 cm³/mol. The van der Waals surface area contributed by atoms with Crippen molar-refractivity contribution in [3.05, 3.63) is 32.8 Å². The molecular formula is C10H8Cl3NO2Sb. The Morgan fingerprint density at radius 2 is 1.76 bits per heavy atom. The molecule has 7 heteroatoms. The predicted octanol–water partition coefficient (Wildman–Crippen LogP) is 2.93. The second kappa shape index (κ2) is 7.48. The summed E-state index contributed by atoms with van der Waals surface area (Å²) in [4.78, 5) is 22.6. The fraction of sp³-hybridized carbons (Fsp3) is 0.200. The third kappa shape index (κ3) is 4.33. The smallest absolute Gasteiger partial charge is 0.259 e. The van der Waals surface area contributed by atoms with Crippen molar-refractivity contribution in [1.29, 1.82) is 0 Å². The molecule has 1 N–H and O–H groups in total. The molecule has 0 heterocycles. The number of nitrogens with one attached hydrogen (secondary N) is 1. The minimum absolute atomic E-state index is 0. The number of amides is 2. The minimum Gasteiger partial charge on any atom is -0.292 e. The number of hydrogen-bond acceptors (Lipinski definition) is 2. The summed E-state index contributed by atoms with van der Waals surface area (Å²) in [7, 11) is 0. The van der Waals surface area contributed by atoms with E-state index in [1.807, 2.05) is 0 Å². The first-order valence-corrected chi connectivity index (χ1v) is 5.58. The zero-order valence-electron chi connectivity index (χ0n) is 8.76. The van der Waals surface area contributed by atoms with Crippen LogP contribution in [-0.2, 0) is 4.79 Å². The largest absolute Gasteiger partial charge is 0.292 e. The van der Waals surface area contributed by atoms with Crippen LogP contribution >= 0.6 is 34.8 Å². The molecule has 0 unspecified atom stereocenters. The van der Waals surface area contributed by atoms with Crippen LogP contribution in [0, 0.1) is 0 Å². The summed E-state index contributed by atoms with van der Waals surface area (Å²) in [5, 5.41) is 2.56. The zero-order chi connectivity index (χ0) is 12.3. The van der Waals surface area contributed by atoms with Crippen molar-refractivity contribution in [1.82, 2.24) is 5.32 Å². The molecule has 0 atom stereocenters. The maximum atomic E-state index is 11.6. The van der Waals surface area contributed by atoms with Crippen LogP contribution in [0.5, 0.6) is 0 Å². The maximum Gasteiger partial charge on any atom is 0.259 e. The van der Waals surface area contributed by atoms with Gasteiger partial charge in [0.25, 0.3) is 5.91 Å². The van der Waals surface area contributed by atoms with Crippen molar-refractivity contribution in [2.24, 2.45) is 0 Å². The van der Waals surface area contributed by atoms with E-state index in [-0.39, 0.29) is 57.4 Å². The van der Waals surface area contributed by atoms with Gasteiger partial charge in [-0.1, -0.05) is 41.7 Å². The van der Waals surface area contributed by atoms with Crippen molar-refractivity contribution in [3.63, 3.8) is 0 Å². The molecule has 0 aliphatic heterocycles. The van der Waals surface area contributed by atoms with E-state index in [1.54, 1.807) is 6.92 Å². The zero-order valence-corrected chi connectivity index (χ0v) is 13.6. The molecule has 0 bridgehead atoms. The van der Waals surface area contributed by atoms with Gasteiger partial charge in [-0.25, -0.2) is 0 Å². The molecule has 1 rings (SSSR count). The van der Waals surface area contributed by atoms with Gasteiger partial charge in [0.2, 0.25) is 5.91 Å². The summed E-state index contributed by atoms with van der Waals surface area (Å²) >= 11 is 17.3. The summed E-state index contributed by atoms with van der Waals surface area (Å²) in [6.45, 7) is 1.64. The standard InChI is InChI=1S/C10H8Cl3NO2.Sb/c1-2-7(15)14-10(16)5-3-4-6(11)9(13)8(5)12;/h3-4H,2H2,1H3,(H,14,15,16);. The molecule has 0 aromatic heterocycles. The van der Waals surface area contributed by atoms with Gasteiger partial charge in [0.1, 0.15) is 0 Å². The topological polar surface area (TPSA) is 46.2 Å². The van der Waals surface area contributed by atoms with Gasteiger partial charge in [-0.05, 0) is 12.1 Å². The van der Waals surface area contributed by atoms with Gasteiger partial charge < -0.3 is 0 Å². The second-order valence-electron chi connectivity index (χ2n) is 2.95. The molecule has 0 aliphatic rings. The van der Waals surface area contributed by atoms with E-state index < -0.39 is 5.91 Å². The van der Waals surface area contributed by atoms with Gasteiger partial charge in [0, 0.05) is 30.8 Å². The first kappa shape index (κ1) is 17.0. The number of carbonyl (C=O) groups excluding carboxylic acids is 2.